The van der Waals surface area contributed by atoms with Gasteiger partial charge >= 0.3 is 0 Å². The average molecular weight is 263 g/mol. The largest absolute Gasteiger partial charge is 0.374 e. The van der Waals surface area contributed by atoms with Gasteiger partial charge in [-0.05, 0) is 25.7 Å². The molecule has 0 spiro atoms. The number of rotatable bonds is 4. The lowest BCUT2D eigenvalue weighted by atomic mass is 10.1. The summed E-state index contributed by atoms with van der Waals surface area (Å²) < 4.78 is 6.14. The molecule has 1 nitrogen and oxygen atoms in total. The average Bonchev–Trinajstić information content (AvgIpc) is 2.40. The van der Waals surface area contributed by atoms with Crippen LogP contribution in [0.15, 0.2) is 0 Å². The summed E-state index contributed by atoms with van der Waals surface area (Å²) in [5, 5.41) is 0. The van der Waals surface area contributed by atoms with Crippen LogP contribution in [0, 0.1) is 0 Å². The predicted molar refractivity (Wildman–Crippen MR) is 65.0 cm³/mol. The van der Waals surface area contributed by atoms with Crippen LogP contribution < -0.4 is 0 Å². The second kappa shape index (κ2) is 6.84. The van der Waals surface area contributed by atoms with Crippen LogP contribution in [0.2, 0.25) is 0 Å². The van der Waals surface area contributed by atoms with E-state index in [1.165, 1.54) is 32.1 Å². The molecule has 0 amide bonds. The molecule has 1 rings (SSSR count). The Kier molecular flexibility index (Phi) is 6.11. The first-order valence-corrected chi connectivity index (χ1v) is 6.99. The molecule has 1 saturated carbocycles. The second-order valence-electron chi connectivity index (χ2n) is 4.27. The van der Waals surface area contributed by atoms with Crippen molar-refractivity contribution in [3.05, 3.63) is 0 Å². The fourth-order valence-corrected chi connectivity index (χ4v) is 2.82. The summed E-state index contributed by atoms with van der Waals surface area (Å²) in [7, 11) is 0. The lowest BCUT2D eigenvalue weighted by molar-refractivity contribution is -0.0184. The molecular weight excluding hydrogens is 240 g/mol. The SMILES string of the molecule is CCC(CC)OC1CCCCCC1Br. The minimum atomic E-state index is 0.461. The smallest absolute Gasteiger partial charge is 0.0703 e. The van der Waals surface area contributed by atoms with E-state index in [2.05, 4.69) is 29.8 Å². The highest BCUT2D eigenvalue weighted by Gasteiger charge is 2.23. The number of hydrogen-bond donors (Lipinski definition) is 0. The highest BCUT2D eigenvalue weighted by Crippen LogP contribution is 2.27. The molecule has 0 aromatic heterocycles. The minimum Gasteiger partial charge on any atom is -0.374 e. The Balaban J connectivity index is 2.39. The molecule has 1 aliphatic rings. The third kappa shape index (κ3) is 3.90. The predicted octanol–water partition coefficient (Wildman–Crippen LogP) is 4.29. The number of hydrogen-bond acceptors (Lipinski definition) is 1. The van der Waals surface area contributed by atoms with Crippen LogP contribution in [-0.2, 0) is 4.74 Å². The molecule has 2 unspecified atom stereocenters. The molecule has 2 heteroatoms. The molecule has 14 heavy (non-hydrogen) atoms. The van der Waals surface area contributed by atoms with Crippen molar-refractivity contribution < 1.29 is 4.74 Å². The van der Waals surface area contributed by atoms with E-state index in [1.807, 2.05) is 0 Å². The number of alkyl halides is 1. The van der Waals surface area contributed by atoms with E-state index in [0.29, 0.717) is 17.0 Å². The van der Waals surface area contributed by atoms with E-state index >= 15 is 0 Å². The summed E-state index contributed by atoms with van der Waals surface area (Å²) in [5.74, 6) is 0. The van der Waals surface area contributed by atoms with Crippen LogP contribution in [-0.4, -0.2) is 17.0 Å². The van der Waals surface area contributed by atoms with Crippen molar-refractivity contribution in [3.8, 4) is 0 Å². The highest BCUT2D eigenvalue weighted by molar-refractivity contribution is 9.09. The molecule has 1 fully saturated rings. The normalized spacial score (nSPS) is 29.1. The lowest BCUT2D eigenvalue weighted by Gasteiger charge is -2.25. The second-order valence-corrected chi connectivity index (χ2v) is 5.44. The van der Waals surface area contributed by atoms with E-state index in [0.717, 1.165) is 12.8 Å². The third-order valence-electron chi connectivity index (χ3n) is 3.15. The van der Waals surface area contributed by atoms with Crippen molar-refractivity contribution in [3.63, 3.8) is 0 Å². The van der Waals surface area contributed by atoms with Gasteiger partial charge in [0.1, 0.15) is 0 Å². The van der Waals surface area contributed by atoms with Crippen molar-refractivity contribution in [2.45, 2.75) is 75.8 Å². The Morgan fingerprint density at radius 1 is 1.14 bits per heavy atom. The van der Waals surface area contributed by atoms with Gasteiger partial charge in [-0.3, -0.25) is 0 Å². The Morgan fingerprint density at radius 2 is 1.79 bits per heavy atom. The van der Waals surface area contributed by atoms with Crippen LogP contribution in [0.4, 0.5) is 0 Å². The molecule has 84 valence electrons. The summed E-state index contributed by atoms with van der Waals surface area (Å²) in [6, 6.07) is 0. The molecule has 0 N–H and O–H groups in total. The Labute approximate surface area is 96.7 Å². The van der Waals surface area contributed by atoms with Crippen molar-refractivity contribution in [2.75, 3.05) is 0 Å². The van der Waals surface area contributed by atoms with Crippen LogP contribution >= 0.6 is 15.9 Å². The van der Waals surface area contributed by atoms with Crippen LogP contribution in [0.1, 0.15) is 58.8 Å². The first-order valence-electron chi connectivity index (χ1n) is 6.07. The summed E-state index contributed by atoms with van der Waals surface area (Å²) in [6.45, 7) is 4.43. The van der Waals surface area contributed by atoms with E-state index < -0.39 is 0 Å². The zero-order chi connectivity index (χ0) is 10.4. The van der Waals surface area contributed by atoms with Gasteiger partial charge in [0.15, 0.2) is 0 Å². The fraction of sp³-hybridized carbons (Fsp3) is 1.00. The zero-order valence-corrected chi connectivity index (χ0v) is 11.1. The Morgan fingerprint density at radius 3 is 2.43 bits per heavy atom. The first-order chi connectivity index (χ1) is 6.77. The lowest BCUT2D eigenvalue weighted by Crippen LogP contribution is -2.28. The molecule has 2 atom stereocenters. The highest BCUT2D eigenvalue weighted by atomic mass is 79.9. The molecule has 0 aromatic rings. The van der Waals surface area contributed by atoms with E-state index in [9.17, 15) is 0 Å². The van der Waals surface area contributed by atoms with Gasteiger partial charge in [-0.1, -0.05) is 49.0 Å². The maximum absolute atomic E-state index is 6.14. The third-order valence-corrected chi connectivity index (χ3v) is 4.20. The summed E-state index contributed by atoms with van der Waals surface area (Å²) in [4.78, 5) is 0.589. The molecule has 0 aromatic carbocycles. The van der Waals surface area contributed by atoms with E-state index in [1.54, 1.807) is 0 Å². The fourth-order valence-electron chi connectivity index (χ4n) is 2.11. The summed E-state index contributed by atoms with van der Waals surface area (Å²) in [6.07, 6.45) is 9.83. The standard InChI is InChI=1S/C12H23BrO/c1-3-10(4-2)14-12-9-7-5-6-8-11(12)13/h10-12H,3-9H2,1-2H3. The van der Waals surface area contributed by atoms with Gasteiger partial charge in [-0.2, -0.15) is 0 Å². The quantitative estimate of drug-likeness (QED) is 0.543. The van der Waals surface area contributed by atoms with Gasteiger partial charge in [0, 0.05) is 4.83 Å². The Hall–Kier alpha value is 0.440. The van der Waals surface area contributed by atoms with Crippen molar-refractivity contribution in [1.82, 2.24) is 0 Å². The monoisotopic (exact) mass is 262 g/mol. The van der Waals surface area contributed by atoms with Crippen molar-refractivity contribution >= 4 is 15.9 Å². The maximum Gasteiger partial charge on any atom is 0.0703 e. The van der Waals surface area contributed by atoms with Gasteiger partial charge in [0.2, 0.25) is 0 Å². The Bertz CT molecular complexity index is 145. The molecular formula is C12H23BrO. The van der Waals surface area contributed by atoms with Crippen LogP contribution in [0.5, 0.6) is 0 Å². The summed E-state index contributed by atoms with van der Waals surface area (Å²) >= 11 is 3.77. The zero-order valence-electron chi connectivity index (χ0n) is 9.47. The molecule has 0 heterocycles. The topological polar surface area (TPSA) is 9.23 Å². The van der Waals surface area contributed by atoms with E-state index in [4.69, 9.17) is 4.74 Å². The number of halogens is 1. The van der Waals surface area contributed by atoms with Gasteiger partial charge in [-0.25, -0.2) is 0 Å². The molecule has 0 radical (unpaired) electrons. The van der Waals surface area contributed by atoms with Crippen LogP contribution in [0.3, 0.4) is 0 Å². The summed E-state index contributed by atoms with van der Waals surface area (Å²) in [5.41, 5.74) is 0. The van der Waals surface area contributed by atoms with Crippen molar-refractivity contribution in [2.24, 2.45) is 0 Å². The van der Waals surface area contributed by atoms with Crippen molar-refractivity contribution in [1.29, 1.82) is 0 Å². The van der Waals surface area contributed by atoms with Gasteiger partial charge in [-0.15, -0.1) is 0 Å². The van der Waals surface area contributed by atoms with Gasteiger partial charge in [0.25, 0.3) is 0 Å². The molecule has 0 saturated heterocycles. The molecule has 1 aliphatic carbocycles. The first kappa shape index (κ1) is 12.5. The minimum absolute atomic E-state index is 0.461. The van der Waals surface area contributed by atoms with Gasteiger partial charge < -0.3 is 4.74 Å². The molecule has 0 aliphatic heterocycles. The maximum atomic E-state index is 6.14. The van der Waals surface area contributed by atoms with E-state index in [-0.39, 0.29) is 0 Å². The molecule has 0 bridgehead atoms. The van der Waals surface area contributed by atoms with Crippen LogP contribution in [0.25, 0.3) is 0 Å². The number of ether oxygens (including phenoxy) is 1. The van der Waals surface area contributed by atoms with Gasteiger partial charge in [0.05, 0.1) is 12.2 Å².